The second kappa shape index (κ2) is 8.51. The maximum absolute atomic E-state index is 13.4. The number of carbonyl (C=O) groups is 1. The van der Waals surface area contributed by atoms with Crippen LogP contribution in [-0.4, -0.2) is 34.4 Å². The lowest BCUT2D eigenvalue weighted by atomic mass is 9.94. The molecule has 0 radical (unpaired) electrons. The van der Waals surface area contributed by atoms with E-state index in [9.17, 15) is 4.79 Å². The number of fused-ring (bicyclic) bond motifs is 1. The molecule has 1 atom stereocenters. The molecular formula is C23H25N5O3. The van der Waals surface area contributed by atoms with Crippen molar-refractivity contribution in [3.63, 3.8) is 0 Å². The molecule has 2 N–H and O–H groups in total. The predicted octanol–water partition coefficient (Wildman–Crippen LogP) is 3.92. The molecule has 0 saturated carbocycles. The number of nitrogens with zero attached hydrogens (tertiary/aromatic N) is 3. The minimum absolute atomic E-state index is 0.212. The van der Waals surface area contributed by atoms with Crippen LogP contribution in [0.2, 0.25) is 0 Å². The maximum atomic E-state index is 13.4. The lowest BCUT2D eigenvalue weighted by Gasteiger charge is -2.29. The molecule has 1 aliphatic rings. The lowest BCUT2D eigenvalue weighted by molar-refractivity contribution is -0.113. The summed E-state index contributed by atoms with van der Waals surface area (Å²) in [5, 5.41) is 10.6. The topological polar surface area (TPSA) is 90.3 Å². The Labute approximate surface area is 180 Å². The van der Waals surface area contributed by atoms with Gasteiger partial charge in [0.1, 0.15) is 12.4 Å². The van der Waals surface area contributed by atoms with E-state index in [1.165, 1.54) is 6.33 Å². The molecule has 1 aromatic heterocycles. The fourth-order valence-electron chi connectivity index (χ4n) is 3.75. The van der Waals surface area contributed by atoms with Gasteiger partial charge in [-0.05, 0) is 56.2 Å². The largest absolute Gasteiger partial charge is 0.493 e. The molecule has 0 saturated heterocycles. The van der Waals surface area contributed by atoms with Gasteiger partial charge in [-0.2, -0.15) is 10.1 Å². The second-order valence-electron chi connectivity index (χ2n) is 7.26. The molecule has 3 aromatic rings. The van der Waals surface area contributed by atoms with E-state index in [-0.39, 0.29) is 5.91 Å². The number of hydrogen-bond acceptors (Lipinski definition) is 6. The number of aryl methyl sites for hydroxylation is 1. The SMILES string of the molecule is CCOc1cc(C2C(C(=O)Nc3cccc(C)c3)=C(C)Nc3ncnn32)ccc1OC. The Hall–Kier alpha value is -3.81. The Morgan fingerprint density at radius 2 is 2.03 bits per heavy atom. The molecule has 8 heteroatoms. The second-order valence-corrected chi connectivity index (χ2v) is 7.26. The molecule has 4 rings (SSSR count). The summed E-state index contributed by atoms with van der Waals surface area (Å²) < 4.78 is 12.9. The van der Waals surface area contributed by atoms with Crippen molar-refractivity contribution in [1.82, 2.24) is 14.8 Å². The van der Waals surface area contributed by atoms with E-state index in [0.29, 0.717) is 35.3 Å². The number of allylic oxidation sites excluding steroid dienone is 1. The number of benzene rings is 2. The van der Waals surface area contributed by atoms with Crippen molar-refractivity contribution in [2.45, 2.75) is 26.8 Å². The summed E-state index contributed by atoms with van der Waals surface area (Å²) in [6.45, 7) is 6.26. The highest BCUT2D eigenvalue weighted by atomic mass is 16.5. The van der Waals surface area contributed by atoms with Crippen LogP contribution >= 0.6 is 0 Å². The van der Waals surface area contributed by atoms with Gasteiger partial charge in [0.05, 0.1) is 19.3 Å². The molecule has 2 heterocycles. The van der Waals surface area contributed by atoms with Crippen molar-refractivity contribution >= 4 is 17.5 Å². The third-order valence-corrected chi connectivity index (χ3v) is 5.12. The van der Waals surface area contributed by atoms with E-state index in [4.69, 9.17) is 9.47 Å². The van der Waals surface area contributed by atoms with Gasteiger partial charge in [-0.25, -0.2) is 4.68 Å². The van der Waals surface area contributed by atoms with Crippen LogP contribution < -0.4 is 20.1 Å². The number of aromatic nitrogens is 3. The molecule has 0 bridgehead atoms. The van der Waals surface area contributed by atoms with Gasteiger partial charge in [0.25, 0.3) is 5.91 Å². The molecule has 2 aromatic carbocycles. The number of hydrogen-bond donors (Lipinski definition) is 2. The van der Waals surface area contributed by atoms with Gasteiger partial charge in [-0.3, -0.25) is 4.79 Å². The van der Waals surface area contributed by atoms with Crippen LogP contribution in [0.15, 0.2) is 60.1 Å². The van der Waals surface area contributed by atoms with Gasteiger partial charge in [-0.15, -0.1) is 0 Å². The molecule has 0 aliphatic carbocycles. The van der Waals surface area contributed by atoms with E-state index in [2.05, 4.69) is 20.7 Å². The van der Waals surface area contributed by atoms with Gasteiger partial charge in [0, 0.05) is 11.4 Å². The number of nitrogens with one attached hydrogen (secondary N) is 2. The number of anilines is 2. The van der Waals surface area contributed by atoms with Crippen molar-refractivity contribution < 1.29 is 14.3 Å². The number of ether oxygens (including phenoxy) is 2. The summed E-state index contributed by atoms with van der Waals surface area (Å²) in [5.41, 5.74) is 3.90. The van der Waals surface area contributed by atoms with Crippen molar-refractivity contribution in [3.05, 3.63) is 71.2 Å². The van der Waals surface area contributed by atoms with Crippen LogP contribution in [0.3, 0.4) is 0 Å². The highest BCUT2D eigenvalue weighted by Gasteiger charge is 2.34. The normalized spacial score (nSPS) is 15.2. The van der Waals surface area contributed by atoms with Gasteiger partial charge in [-0.1, -0.05) is 18.2 Å². The fraction of sp³-hybridized carbons (Fsp3) is 0.261. The predicted molar refractivity (Wildman–Crippen MR) is 118 cm³/mol. The lowest BCUT2D eigenvalue weighted by Crippen LogP contribution is -2.31. The number of methoxy groups -OCH3 is 1. The Morgan fingerprint density at radius 1 is 1.19 bits per heavy atom. The van der Waals surface area contributed by atoms with Crippen molar-refractivity contribution in [1.29, 1.82) is 0 Å². The van der Waals surface area contributed by atoms with Gasteiger partial charge in [0.2, 0.25) is 5.95 Å². The quantitative estimate of drug-likeness (QED) is 0.629. The molecule has 1 amide bonds. The molecule has 0 spiro atoms. The zero-order valence-electron chi connectivity index (χ0n) is 18.0. The van der Waals surface area contributed by atoms with E-state index in [1.807, 2.05) is 63.2 Å². The van der Waals surface area contributed by atoms with Crippen LogP contribution in [-0.2, 0) is 4.79 Å². The van der Waals surface area contributed by atoms with Crippen LogP contribution in [0.1, 0.15) is 31.0 Å². The van der Waals surface area contributed by atoms with Crippen LogP contribution in [0.5, 0.6) is 11.5 Å². The van der Waals surface area contributed by atoms with Crippen molar-refractivity contribution in [2.24, 2.45) is 0 Å². The number of amides is 1. The Balaban J connectivity index is 1.78. The van der Waals surface area contributed by atoms with Crippen molar-refractivity contribution in [3.8, 4) is 11.5 Å². The standard InChI is InChI=1S/C23H25N5O3/c1-5-31-19-12-16(9-10-18(19)30-4)21-20(15(3)26-23-24-13-25-28(21)23)22(29)27-17-8-6-7-14(2)11-17/h6-13,21H,5H2,1-4H3,(H,27,29)(H,24,25,26). The Morgan fingerprint density at radius 3 is 2.77 bits per heavy atom. The highest BCUT2D eigenvalue weighted by Crippen LogP contribution is 2.38. The molecule has 1 aliphatic heterocycles. The highest BCUT2D eigenvalue weighted by molar-refractivity contribution is 6.06. The van der Waals surface area contributed by atoms with Crippen molar-refractivity contribution in [2.75, 3.05) is 24.4 Å². The van der Waals surface area contributed by atoms with E-state index < -0.39 is 6.04 Å². The summed E-state index contributed by atoms with van der Waals surface area (Å²) in [4.78, 5) is 17.7. The smallest absolute Gasteiger partial charge is 0.255 e. The summed E-state index contributed by atoms with van der Waals surface area (Å²) in [6, 6.07) is 12.9. The summed E-state index contributed by atoms with van der Waals surface area (Å²) in [6.07, 6.45) is 1.47. The molecule has 31 heavy (non-hydrogen) atoms. The molecule has 8 nitrogen and oxygen atoms in total. The summed E-state index contributed by atoms with van der Waals surface area (Å²) in [5.74, 6) is 1.60. The maximum Gasteiger partial charge on any atom is 0.255 e. The van der Waals surface area contributed by atoms with E-state index in [1.54, 1.807) is 11.8 Å². The molecule has 160 valence electrons. The average Bonchev–Trinajstić information content (AvgIpc) is 3.21. The number of carbonyl (C=O) groups excluding carboxylic acids is 1. The number of rotatable bonds is 6. The van der Waals surface area contributed by atoms with Crippen LogP contribution in [0.4, 0.5) is 11.6 Å². The zero-order chi connectivity index (χ0) is 22.0. The van der Waals surface area contributed by atoms with Crippen LogP contribution in [0, 0.1) is 6.92 Å². The Bertz CT molecular complexity index is 1150. The first-order valence-corrected chi connectivity index (χ1v) is 10.1. The minimum Gasteiger partial charge on any atom is -0.493 e. The molecule has 1 unspecified atom stereocenters. The Kier molecular flexibility index (Phi) is 5.62. The monoisotopic (exact) mass is 419 g/mol. The van der Waals surface area contributed by atoms with E-state index in [0.717, 1.165) is 16.8 Å². The first-order chi connectivity index (χ1) is 15.0. The summed E-state index contributed by atoms with van der Waals surface area (Å²) >= 11 is 0. The summed E-state index contributed by atoms with van der Waals surface area (Å²) in [7, 11) is 1.60. The minimum atomic E-state index is -0.478. The first kappa shape index (κ1) is 20.5. The third-order valence-electron chi connectivity index (χ3n) is 5.12. The van der Waals surface area contributed by atoms with Gasteiger partial charge < -0.3 is 20.1 Å². The fourth-order valence-corrected chi connectivity index (χ4v) is 3.75. The van der Waals surface area contributed by atoms with Gasteiger partial charge >= 0.3 is 0 Å². The molecule has 0 fully saturated rings. The van der Waals surface area contributed by atoms with Gasteiger partial charge in [0.15, 0.2) is 11.5 Å². The zero-order valence-corrected chi connectivity index (χ0v) is 18.0. The molecular weight excluding hydrogens is 394 g/mol. The first-order valence-electron chi connectivity index (χ1n) is 10.1. The van der Waals surface area contributed by atoms with E-state index >= 15 is 0 Å². The van der Waals surface area contributed by atoms with Crippen LogP contribution in [0.25, 0.3) is 0 Å². The average molecular weight is 419 g/mol. The third kappa shape index (κ3) is 3.96.